The fraction of sp³-hybridized carbons (Fsp3) is 0.417. The quantitative estimate of drug-likeness (QED) is 0.875. The first-order chi connectivity index (χ1) is 7.91. The van der Waals surface area contributed by atoms with Crippen molar-refractivity contribution >= 4 is 33.5 Å². The lowest BCUT2D eigenvalue weighted by molar-refractivity contribution is -0.140. The number of carbonyl (C=O) groups is 1. The Bertz CT molecular complexity index is 409. The second-order valence-electron chi connectivity index (χ2n) is 4.18. The highest BCUT2D eigenvalue weighted by Crippen LogP contribution is 2.21. The molecule has 1 aromatic carbocycles. The molecule has 0 aliphatic rings. The van der Waals surface area contributed by atoms with Crippen molar-refractivity contribution in [2.45, 2.75) is 26.4 Å². The molecule has 0 aliphatic heterocycles. The van der Waals surface area contributed by atoms with E-state index in [1.54, 1.807) is 6.07 Å². The molecule has 94 valence electrons. The maximum Gasteiger partial charge on any atom is 0.320 e. The summed E-state index contributed by atoms with van der Waals surface area (Å²) in [6.45, 7) is 4.22. The molecule has 0 bridgehead atoms. The van der Waals surface area contributed by atoms with E-state index >= 15 is 0 Å². The Morgan fingerprint density at radius 1 is 1.53 bits per heavy atom. The average Bonchev–Trinajstić information content (AvgIpc) is 2.22. The molecule has 0 fully saturated rings. The van der Waals surface area contributed by atoms with Gasteiger partial charge in [0.1, 0.15) is 6.04 Å². The van der Waals surface area contributed by atoms with Gasteiger partial charge >= 0.3 is 5.97 Å². The predicted molar refractivity (Wildman–Crippen MR) is 72.3 cm³/mol. The van der Waals surface area contributed by atoms with Crippen molar-refractivity contribution in [1.82, 2.24) is 5.32 Å². The van der Waals surface area contributed by atoms with Crippen LogP contribution in [0.15, 0.2) is 22.7 Å². The highest BCUT2D eigenvalue weighted by molar-refractivity contribution is 9.10. The molecular formula is C12H15BrClNO2. The van der Waals surface area contributed by atoms with E-state index in [0.717, 1.165) is 10.0 Å². The van der Waals surface area contributed by atoms with Gasteiger partial charge in [-0.3, -0.25) is 4.79 Å². The zero-order valence-electron chi connectivity index (χ0n) is 9.71. The van der Waals surface area contributed by atoms with Gasteiger partial charge in [0.2, 0.25) is 0 Å². The molecule has 1 atom stereocenters. The molecule has 0 spiro atoms. The maximum atomic E-state index is 11.0. The number of hydrogen-bond donors (Lipinski definition) is 2. The standard InChI is InChI=1S/C12H15BrClNO2/c1-7(2)11(12(16)17)15-6-8-5-9(14)3-4-10(8)13/h3-5,7,11,15H,6H2,1-2H3,(H,16,17)/t11-/m1/s1. The van der Waals surface area contributed by atoms with Crippen LogP contribution in [0.3, 0.4) is 0 Å². The Morgan fingerprint density at radius 2 is 2.18 bits per heavy atom. The monoisotopic (exact) mass is 319 g/mol. The Balaban J connectivity index is 2.72. The smallest absolute Gasteiger partial charge is 0.320 e. The number of carboxylic acids is 1. The molecule has 2 N–H and O–H groups in total. The molecule has 0 aromatic heterocycles. The van der Waals surface area contributed by atoms with Gasteiger partial charge < -0.3 is 10.4 Å². The van der Waals surface area contributed by atoms with Gasteiger partial charge in [0.15, 0.2) is 0 Å². The molecule has 0 aliphatic carbocycles. The lowest BCUT2D eigenvalue weighted by atomic mass is 10.0. The summed E-state index contributed by atoms with van der Waals surface area (Å²) in [5.41, 5.74) is 0.949. The minimum absolute atomic E-state index is 0.0328. The van der Waals surface area contributed by atoms with Crippen LogP contribution < -0.4 is 5.32 Å². The van der Waals surface area contributed by atoms with Gasteiger partial charge in [0.05, 0.1) is 0 Å². The molecule has 0 heterocycles. The number of nitrogens with one attached hydrogen (secondary N) is 1. The number of aliphatic carboxylic acids is 1. The summed E-state index contributed by atoms with van der Waals surface area (Å²) in [7, 11) is 0. The Hall–Kier alpha value is -0.580. The van der Waals surface area contributed by atoms with E-state index in [4.69, 9.17) is 16.7 Å². The molecular weight excluding hydrogens is 305 g/mol. The van der Waals surface area contributed by atoms with Gasteiger partial charge in [-0.2, -0.15) is 0 Å². The Morgan fingerprint density at radius 3 is 2.71 bits per heavy atom. The number of carboxylic acid groups (broad SMARTS) is 1. The average molecular weight is 321 g/mol. The molecule has 0 saturated heterocycles. The van der Waals surface area contributed by atoms with Gasteiger partial charge in [-0.1, -0.05) is 41.4 Å². The number of rotatable bonds is 5. The second-order valence-corrected chi connectivity index (χ2v) is 5.47. The highest BCUT2D eigenvalue weighted by Gasteiger charge is 2.20. The van der Waals surface area contributed by atoms with Crippen molar-refractivity contribution in [1.29, 1.82) is 0 Å². The fourth-order valence-corrected chi connectivity index (χ4v) is 2.09. The van der Waals surface area contributed by atoms with Crippen molar-refractivity contribution in [3.63, 3.8) is 0 Å². The zero-order valence-corrected chi connectivity index (χ0v) is 12.0. The molecule has 1 rings (SSSR count). The largest absolute Gasteiger partial charge is 0.480 e. The lowest BCUT2D eigenvalue weighted by Gasteiger charge is -2.18. The van der Waals surface area contributed by atoms with Gasteiger partial charge in [0.25, 0.3) is 0 Å². The summed E-state index contributed by atoms with van der Waals surface area (Å²) >= 11 is 9.30. The number of hydrogen-bond acceptors (Lipinski definition) is 2. The SMILES string of the molecule is CC(C)[C@@H](NCc1cc(Cl)ccc1Br)C(=O)O. The fourth-order valence-electron chi connectivity index (χ4n) is 1.51. The summed E-state index contributed by atoms with van der Waals surface area (Å²) in [6, 6.07) is 4.90. The molecule has 0 unspecified atom stereocenters. The van der Waals surface area contributed by atoms with E-state index in [9.17, 15) is 4.79 Å². The highest BCUT2D eigenvalue weighted by atomic mass is 79.9. The molecule has 0 radical (unpaired) electrons. The van der Waals surface area contributed by atoms with Crippen LogP contribution in [-0.4, -0.2) is 17.1 Å². The molecule has 0 amide bonds. The summed E-state index contributed by atoms with van der Waals surface area (Å²) < 4.78 is 0.919. The van der Waals surface area contributed by atoms with Crippen LogP contribution in [-0.2, 0) is 11.3 Å². The normalized spacial score (nSPS) is 12.8. The van der Waals surface area contributed by atoms with Crippen LogP contribution in [0.4, 0.5) is 0 Å². The summed E-state index contributed by atoms with van der Waals surface area (Å²) in [5, 5.41) is 12.7. The molecule has 1 aromatic rings. The van der Waals surface area contributed by atoms with Gasteiger partial charge in [-0.25, -0.2) is 0 Å². The number of halogens is 2. The zero-order chi connectivity index (χ0) is 13.0. The third-order valence-electron chi connectivity index (χ3n) is 2.45. The van der Waals surface area contributed by atoms with Crippen molar-refractivity contribution in [3.8, 4) is 0 Å². The second kappa shape index (κ2) is 6.38. The van der Waals surface area contributed by atoms with Gasteiger partial charge in [0, 0.05) is 16.0 Å². The topological polar surface area (TPSA) is 49.3 Å². The van der Waals surface area contributed by atoms with Crippen molar-refractivity contribution in [2.75, 3.05) is 0 Å². The van der Waals surface area contributed by atoms with Crippen LogP contribution in [0.5, 0.6) is 0 Å². The van der Waals surface area contributed by atoms with Crippen LogP contribution >= 0.6 is 27.5 Å². The first kappa shape index (κ1) is 14.5. The molecule has 3 nitrogen and oxygen atoms in total. The van der Waals surface area contributed by atoms with Crippen molar-refractivity contribution in [3.05, 3.63) is 33.3 Å². The third-order valence-corrected chi connectivity index (χ3v) is 3.46. The minimum Gasteiger partial charge on any atom is -0.480 e. The van der Waals surface area contributed by atoms with Crippen LogP contribution in [0.25, 0.3) is 0 Å². The van der Waals surface area contributed by atoms with Crippen LogP contribution in [0, 0.1) is 5.92 Å². The van der Waals surface area contributed by atoms with Crippen molar-refractivity contribution in [2.24, 2.45) is 5.92 Å². The maximum absolute atomic E-state index is 11.0. The Kier molecular flexibility index (Phi) is 5.43. The van der Waals surface area contributed by atoms with Crippen molar-refractivity contribution < 1.29 is 9.90 Å². The van der Waals surface area contributed by atoms with E-state index in [2.05, 4.69) is 21.2 Å². The van der Waals surface area contributed by atoms with E-state index < -0.39 is 12.0 Å². The Labute approximate surface area is 114 Å². The summed E-state index contributed by atoms with van der Waals surface area (Å²) in [4.78, 5) is 11.0. The van der Waals surface area contributed by atoms with E-state index in [1.807, 2.05) is 26.0 Å². The summed E-state index contributed by atoms with van der Waals surface area (Å²) in [5.74, 6) is -0.802. The first-order valence-corrected chi connectivity index (χ1v) is 6.49. The third kappa shape index (κ3) is 4.30. The molecule has 17 heavy (non-hydrogen) atoms. The molecule has 5 heteroatoms. The summed E-state index contributed by atoms with van der Waals surface area (Å²) in [6.07, 6.45) is 0. The predicted octanol–water partition coefficient (Wildman–Crippen LogP) is 3.30. The lowest BCUT2D eigenvalue weighted by Crippen LogP contribution is -2.40. The van der Waals surface area contributed by atoms with Gasteiger partial charge in [-0.15, -0.1) is 0 Å². The van der Waals surface area contributed by atoms with E-state index in [1.165, 1.54) is 0 Å². The van der Waals surface area contributed by atoms with Crippen LogP contribution in [0.2, 0.25) is 5.02 Å². The van der Waals surface area contributed by atoms with E-state index in [0.29, 0.717) is 11.6 Å². The first-order valence-electron chi connectivity index (χ1n) is 5.32. The van der Waals surface area contributed by atoms with Gasteiger partial charge in [-0.05, 0) is 29.7 Å². The molecule has 0 saturated carbocycles. The minimum atomic E-state index is -0.835. The van der Waals surface area contributed by atoms with E-state index in [-0.39, 0.29) is 5.92 Å². The number of benzene rings is 1. The van der Waals surface area contributed by atoms with Crippen LogP contribution in [0.1, 0.15) is 19.4 Å².